The van der Waals surface area contributed by atoms with E-state index in [4.69, 9.17) is 9.72 Å². The monoisotopic (exact) mass is 431 g/mol. The molecule has 2 heterocycles. The topological polar surface area (TPSA) is 55.3 Å². The van der Waals surface area contributed by atoms with Crippen LogP contribution >= 0.6 is 11.3 Å². The number of fused-ring (bicyclic) bond motifs is 1. The highest BCUT2D eigenvalue weighted by atomic mass is 32.1. The van der Waals surface area contributed by atoms with Crippen LogP contribution in [-0.2, 0) is 17.8 Å². The molecule has 1 amide bonds. The van der Waals surface area contributed by atoms with Crippen molar-refractivity contribution in [2.24, 2.45) is 0 Å². The van der Waals surface area contributed by atoms with Crippen molar-refractivity contribution in [2.75, 3.05) is 11.5 Å². The van der Waals surface area contributed by atoms with Crippen molar-refractivity contribution < 1.29 is 9.53 Å². The number of aromatic nitrogens is 2. The smallest absolute Gasteiger partial charge is 0.233 e. The van der Waals surface area contributed by atoms with Crippen LogP contribution in [0.3, 0.4) is 0 Å². The second kappa shape index (κ2) is 9.27. The van der Waals surface area contributed by atoms with E-state index in [-0.39, 0.29) is 5.91 Å². The molecule has 0 radical (unpaired) electrons. The minimum atomic E-state index is 0.00319. The van der Waals surface area contributed by atoms with E-state index in [1.165, 1.54) is 11.3 Å². The van der Waals surface area contributed by atoms with E-state index in [0.29, 0.717) is 24.7 Å². The molecule has 4 aromatic rings. The largest absolute Gasteiger partial charge is 0.494 e. The lowest BCUT2D eigenvalue weighted by Gasteiger charge is -2.20. The van der Waals surface area contributed by atoms with Gasteiger partial charge in [0.05, 0.1) is 35.5 Å². The number of carbonyl (C=O) groups excluding carboxylic acids is 1. The van der Waals surface area contributed by atoms with Gasteiger partial charge in [-0.25, -0.2) is 4.98 Å². The van der Waals surface area contributed by atoms with Gasteiger partial charge in [-0.2, -0.15) is 0 Å². The maximum atomic E-state index is 13.5. The third-order valence-corrected chi connectivity index (χ3v) is 6.13. The molecule has 158 valence electrons. The van der Waals surface area contributed by atoms with Gasteiger partial charge in [-0.15, -0.1) is 0 Å². The summed E-state index contributed by atoms with van der Waals surface area (Å²) in [6.45, 7) is 7.03. The van der Waals surface area contributed by atoms with Crippen LogP contribution in [0.4, 0.5) is 5.13 Å². The van der Waals surface area contributed by atoms with Gasteiger partial charge >= 0.3 is 0 Å². The Morgan fingerprint density at radius 3 is 2.74 bits per heavy atom. The van der Waals surface area contributed by atoms with Gasteiger partial charge in [-0.05, 0) is 62.2 Å². The molecule has 0 saturated heterocycles. The minimum absolute atomic E-state index is 0.00319. The maximum Gasteiger partial charge on any atom is 0.233 e. The Balaban J connectivity index is 1.69. The summed E-state index contributed by atoms with van der Waals surface area (Å²) >= 11 is 1.50. The highest BCUT2D eigenvalue weighted by molar-refractivity contribution is 7.22. The Kier molecular flexibility index (Phi) is 6.28. The standard InChI is InChI=1S/C25H25N3O2S/c1-4-30-21-10-11-22-23(15-21)31-25(27-22)28(16-20-7-5-6-12-26-20)24(29)14-19-13-17(2)8-9-18(19)3/h5-13,15H,4,14,16H2,1-3H3. The zero-order valence-electron chi connectivity index (χ0n) is 18.0. The number of pyridine rings is 1. The zero-order valence-corrected chi connectivity index (χ0v) is 18.8. The molecule has 0 aliphatic carbocycles. The number of hydrogen-bond donors (Lipinski definition) is 0. The van der Waals surface area contributed by atoms with Gasteiger partial charge in [0.2, 0.25) is 5.91 Å². The van der Waals surface area contributed by atoms with E-state index in [1.807, 2.05) is 57.2 Å². The predicted octanol–water partition coefficient (Wildman–Crippen LogP) is 5.48. The molecule has 0 fully saturated rings. The van der Waals surface area contributed by atoms with Crippen LogP contribution in [0.5, 0.6) is 5.75 Å². The second-order valence-electron chi connectivity index (χ2n) is 7.47. The van der Waals surface area contributed by atoms with E-state index in [9.17, 15) is 4.79 Å². The molecule has 0 bridgehead atoms. The number of amides is 1. The van der Waals surface area contributed by atoms with Crippen LogP contribution < -0.4 is 9.64 Å². The lowest BCUT2D eigenvalue weighted by Crippen LogP contribution is -2.32. The Morgan fingerprint density at radius 1 is 1.10 bits per heavy atom. The van der Waals surface area contributed by atoms with Crippen LogP contribution in [0.25, 0.3) is 10.2 Å². The number of aryl methyl sites for hydroxylation is 2. The van der Waals surface area contributed by atoms with Gasteiger partial charge in [0.25, 0.3) is 0 Å². The summed E-state index contributed by atoms with van der Waals surface area (Å²) in [5, 5.41) is 0.671. The number of carbonyl (C=O) groups is 1. The first-order valence-corrected chi connectivity index (χ1v) is 11.1. The van der Waals surface area contributed by atoms with E-state index in [0.717, 1.165) is 38.4 Å². The van der Waals surface area contributed by atoms with Gasteiger partial charge < -0.3 is 4.74 Å². The van der Waals surface area contributed by atoms with Crippen molar-refractivity contribution in [1.82, 2.24) is 9.97 Å². The Bertz CT molecular complexity index is 1200. The van der Waals surface area contributed by atoms with Crippen molar-refractivity contribution in [2.45, 2.75) is 33.7 Å². The molecule has 6 heteroatoms. The van der Waals surface area contributed by atoms with Crippen molar-refractivity contribution >= 4 is 32.6 Å². The summed E-state index contributed by atoms with van der Waals surface area (Å²) in [6.07, 6.45) is 2.07. The Labute approximate surface area is 186 Å². The molecule has 5 nitrogen and oxygen atoms in total. The van der Waals surface area contributed by atoms with Crippen molar-refractivity contribution in [3.05, 3.63) is 83.2 Å². The van der Waals surface area contributed by atoms with Gasteiger partial charge in [0, 0.05) is 6.20 Å². The SMILES string of the molecule is CCOc1ccc2nc(N(Cc3ccccn3)C(=O)Cc3cc(C)ccc3C)sc2c1. The van der Waals surface area contributed by atoms with E-state index in [1.54, 1.807) is 11.1 Å². The highest BCUT2D eigenvalue weighted by Gasteiger charge is 2.22. The van der Waals surface area contributed by atoms with Crippen LogP contribution in [0, 0.1) is 13.8 Å². The van der Waals surface area contributed by atoms with Crippen LogP contribution in [-0.4, -0.2) is 22.5 Å². The van der Waals surface area contributed by atoms with Gasteiger partial charge in [0.1, 0.15) is 5.75 Å². The average molecular weight is 432 g/mol. The molecule has 0 N–H and O–H groups in total. The highest BCUT2D eigenvalue weighted by Crippen LogP contribution is 2.32. The Morgan fingerprint density at radius 2 is 1.97 bits per heavy atom. The molecule has 4 rings (SSSR count). The van der Waals surface area contributed by atoms with Crippen molar-refractivity contribution in [3.8, 4) is 5.75 Å². The number of benzene rings is 2. The molecule has 0 unspecified atom stereocenters. The van der Waals surface area contributed by atoms with E-state index >= 15 is 0 Å². The number of nitrogens with zero attached hydrogens (tertiary/aromatic N) is 3. The first-order chi connectivity index (χ1) is 15.0. The normalized spacial score (nSPS) is 10.9. The molecule has 0 aliphatic rings. The minimum Gasteiger partial charge on any atom is -0.494 e. The fourth-order valence-corrected chi connectivity index (χ4v) is 4.44. The molecule has 0 aliphatic heterocycles. The molecular formula is C25H25N3O2S. The summed E-state index contributed by atoms with van der Waals surface area (Å²) in [5.41, 5.74) is 4.98. The molecule has 2 aromatic carbocycles. The second-order valence-corrected chi connectivity index (χ2v) is 8.48. The van der Waals surface area contributed by atoms with E-state index in [2.05, 4.69) is 23.2 Å². The fraction of sp³-hybridized carbons (Fsp3) is 0.240. The fourth-order valence-electron chi connectivity index (χ4n) is 3.43. The van der Waals surface area contributed by atoms with Crippen LogP contribution in [0.1, 0.15) is 29.3 Å². The van der Waals surface area contributed by atoms with Crippen LogP contribution in [0.15, 0.2) is 60.8 Å². The van der Waals surface area contributed by atoms with Gasteiger partial charge in [-0.3, -0.25) is 14.7 Å². The molecule has 0 saturated carbocycles. The summed E-state index contributed by atoms with van der Waals surface area (Å²) in [5.74, 6) is 0.812. The maximum absolute atomic E-state index is 13.5. The molecule has 2 aromatic heterocycles. The zero-order chi connectivity index (χ0) is 21.8. The number of thiazole rings is 1. The van der Waals surface area contributed by atoms with Crippen LogP contribution in [0.2, 0.25) is 0 Å². The third kappa shape index (κ3) is 4.91. The quantitative estimate of drug-likeness (QED) is 0.389. The molecular weight excluding hydrogens is 406 g/mol. The summed E-state index contributed by atoms with van der Waals surface area (Å²) < 4.78 is 6.61. The molecule has 0 atom stereocenters. The number of rotatable bonds is 7. The summed E-state index contributed by atoms with van der Waals surface area (Å²) in [7, 11) is 0. The van der Waals surface area contributed by atoms with Crippen molar-refractivity contribution in [3.63, 3.8) is 0 Å². The summed E-state index contributed by atoms with van der Waals surface area (Å²) in [6, 6.07) is 17.8. The number of ether oxygens (including phenoxy) is 1. The lowest BCUT2D eigenvalue weighted by molar-refractivity contribution is -0.118. The third-order valence-electron chi connectivity index (χ3n) is 5.08. The Hall–Kier alpha value is -3.25. The first kappa shape index (κ1) is 21.0. The summed E-state index contributed by atoms with van der Waals surface area (Å²) in [4.78, 5) is 24.4. The van der Waals surface area contributed by atoms with E-state index < -0.39 is 0 Å². The predicted molar refractivity (Wildman–Crippen MR) is 126 cm³/mol. The molecule has 0 spiro atoms. The average Bonchev–Trinajstić information content (AvgIpc) is 3.18. The lowest BCUT2D eigenvalue weighted by atomic mass is 10.0. The first-order valence-electron chi connectivity index (χ1n) is 10.3. The van der Waals surface area contributed by atoms with Crippen molar-refractivity contribution in [1.29, 1.82) is 0 Å². The van der Waals surface area contributed by atoms with Gasteiger partial charge in [-0.1, -0.05) is 41.2 Å². The number of anilines is 1. The van der Waals surface area contributed by atoms with Gasteiger partial charge in [0.15, 0.2) is 5.13 Å². The molecule has 31 heavy (non-hydrogen) atoms. The number of hydrogen-bond acceptors (Lipinski definition) is 5.